The van der Waals surface area contributed by atoms with Crippen LogP contribution >= 0.6 is 15.9 Å². The highest BCUT2D eigenvalue weighted by atomic mass is 79.9. The molecule has 0 bridgehead atoms. The van der Waals surface area contributed by atoms with Crippen LogP contribution in [-0.4, -0.2) is 30.6 Å². The highest BCUT2D eigenvalue weighted by Gasteiger charge is 2.19. The predicted octanol–water partition coefficient (Wildman–Crippen LogP) is 3.40. The zero-order valence-corrected chi connectivity index (χ0v) is 14.1. The number of aromatic nitrogens is 1. The fraction of sp³-hybridized carbons (Fsp3) is 0.294. The van der Waals surface area contributed by atoms with Crippen LogP contribution in [0.3, 0.4) is 0 Å². The minimum Gasteiger partial charge on any atom is -0.438 e. The van der Waals surface area contributed by atoms with E-state index in [-0.39, 0.29) is 5.91 Å². The number of pyridine rings is 1. The molecule has 1 fully saturated rings. The number of halogens is 1. The minimum absolute atomic E-state index is 0.183. The molecule has 1 saturated heterocycles. The Morgan fingerprint density at radius 2 is 2.17 bits per heavy atom. The first-order valence-corrected chi connectivity index (χ1v) is 8.26. The fourth-order valence-corrected chi connectivity index (χ4v) is 2.60. The third-order valence-corrected chi connectivity index (χ3v) is 4.15. The minimum atomic E-state index is -0.183. The zero-order chi connectivity index (χ0) is 16.1. The summed E-state index contributed by atoms with van der Waals surface area (Å²) < 4.78 is 12.0. The maximum Gasteiger partial charge on any atom is 0.256 e. The van der Waals surface area contributed by atoms with Crippen LogP contribution in [0.4, 0.5) is 0 Å². The monoisotopic (exact) mass is 376 g/mol. The second-order valence-electron chi connectivity index (χ2n) is 5.35. The summed E-state index contributed by atoms with van der Waals surface area (Å²) in [6.45, 7) is 2.08. The van der Waals surface area contributed by atoms with E-state index < -0.39 is 0 Å². The molecule has 0 aliphatic carbocycles. The summed E-state index contributed by atoms with van der Waals surface area (Å²) in [4.78, 5) is 16.6. The molecule has 1 aromatic heterocycles. The lowest BCUT2D eigenvalue weighted by molar-refractivity contribution is 0.0942. The molecule has 2 heterocycles. The third kappa shape index (κ3) is 4.30. The van der Waals surface area contributed by atoms with E-state index in [0.717, 1.165) is 17.5 Å². The van der Waals surface area contributed by atoms with Gasteiger partial charge in [0.2, 0.25) is 5.88 Å². The standard InChI is InChI=1S/C17H17BrN2O3/c18-13-3-5-14(6-4-13)23-17-15(2-1-8-19-17)16(21)20-10-12-7-9-22-11-12/h1-6,8,12H,7,9-11H2,(H,20,21). The van der Waals surface area contributed by atoms with Gasteiger partial charge in [-0.15, -0.1) is 0 Å². The number of hydrogen-bond donors (Lipinski definition) is 1. The largest absolute Gasteiger partial charge is 0.438 e. The van der Waals surface area contributed by atoms with Gasteiger partial charge in [-0.1, -0.05) is 15.9 Å². The molecule has 1 amide bonds. The predicted molar refractivity (Wildman–Crippen MR) is 89.7 cm³/mol. The van der Waals surface area contributed by atoms with Gasteiger partial charge < -0.3 is 14.8 Å². The number of ether oxygens (including phenoxy) is 2. The molecule has 0 spiro atoms. The molecule has 120 valence electrons. The van der Waals surface area contributed by atoms with Gasteiger partial charge in [0.15, 0.2) is 0 Å². The zero-order valence-electron chi connectivity index (χ0n) is 12.5. The van der Waals surface area contributed by atoms with Gasteiger partial charge >= 0.3 is 0 Å². The highest BCUT2D eigenvalue weighted by Crippen LogP contribution is 2.24. The Bertz CT molecular complexity index is 670. The smallest absolute Gasteiger partial charge is 0.256 e. The van der Waals surface area contributed by atoms with Gasteiger partial charge in [0.1, 0.15) is 11.3 Å². The molecule has 1 aliphatic rings. The van der Waals surface area contributed by atoms with E-state index >= 15 is 0 Å². The van der Waals surface area contributed by atoms with E-state index in [1.54, 1.807) is 18.3 Å². The van der Waals surface area contributed by atoms with Crippen LogP contribution in [0.2, 0.25) is 0 Å². The van der Waals surface area contributed by atoms with E-state index in [4.69, 9.17) is 9.47 Å². The molecule has 3 rings (SSSR count). The molecule has 1 atom stereocenters. The lowest BCUT2D eigenvalue weighted by Crippen LogP contribution is -2.29. The Kier molecular flexibility index (Phi) is 5.25. The Labute approximate surface area is 143 Å². The Hall–Kier alpha value is -1.92. The van der Waals surface area contributed by atoms with Crippen molar-refractivity contribution in [2.75, 3.05) is 19.8 Å². The van der Waals surface area contributed by atoms with E-state index in [2.05, 4.69) is 26.2 Å². The molecule has 23 heavy (non-hydrogen) atoms. The molecule has 0 radical (unpaired) electrons. The van der Waals surface area contributed by atoms with Gasteiger partial charge in [-0.05, 0) is 42.8 Å². The molecule has 1 aliphatic heterocycles. The summed E-state index contributed by atoms with van der Waals surface area (Å²) in [6, 6.07) is 10.8. The van der Waals surface area contributed by atoms with Gasteiger partial charge in [-0.25, -0.2) is 4.98 Å². The van der Waals surface area contributed by atoms with Gasteiger partial charge in [0.05, 0.1) is 6.61 Å². The van der Waals surface area contributed by atoms with Crippen LogP contribution in [0.1, 0.15) is 16.8 Å². The maximum atomic E-state index is 12.4. The summed E-state index contributed by atoms with van der Waals surface area (Å²) in [5, 5.41) is 2.93. The molecule has 6 heteroatoms. The lowest BCUT2D eigenvalue weighted by Gasteiger charge is -2.12. The number of nitrogens with one attached hydrogen (secondary N) is 1. The van der Waals surface area contributed by atoms with Crippen molar-refractivity contribution in [2.45, 2.75) is 6.42 Å². The molecular formula is C17H17BrN2O3. The van der Waals surface area contributed by atoms with Crippen molar-refractivity contribution in [1.82, 2.24) is 10.3 Å². The first kappa shape index (κ1) is 16.0. The highest BCUT2D eigenvalue weighted by molar-refractivity contribution is 9.10. The summed E-state index contributed by atoms with van der Waals surface area (Å²) >= 11 is 3.38. The van der Waals surface area contributed by atoms with Gasteiger partial charge in [-0.2, -0.15) is 0 Å². The molecule has 1 aromatic carbocycles. The van der Waals surface area contributed by atoms with E-state index in [0.29, 0.717) is 36.3 Å². The van der Waals surface area contributed by atoms with E-state index in [9.17, 15) is 4.79 Å². The first-order valence-electron chi connectivity index (χ1n) is 7.47. The number of amides is 1. The van der Waals surface area contributed by atoms with Gasteiger partial charge in [0, 0.05) is 29.7 Å². The lowest BCUT2D eigenvalue weighted by atomic mass is 10.1. The van der Waals surface area contributed by atoms with E-state index in [1.807, 2.05) is 24.3 Å². The van der Waals surface area contributed by atoms with Crippen molar-refractivity contribution < 1.29 is 14.3 Å². The van der Waals surface area contributed by atoms with Crippen LogP contribution in [0.25, 0.3) is 0 Å². The van der Waals surface area contributed by atoms with Crippen molar-refractivity contribution in [3.63, 3.8) is 0 Å². The number of rotatable bonds is 5. The average Bonchev–Trinajstić information content (AvgIpc) is 3.09. The Balaban J connectivity index is 1.69. The number of benzene rings is 1. The van der Waals surface area contributed by atoms with Crippen LogP contribution in [0.15, 0.2) is 47.1 Å². The topological polar surface area (TPSA) is 60.5 Å². The molecular weight excluding hydrogens is 360 g/mol. The molecule has 2 aromatic rings. The third-order valence-electron chi connectivity index (χ3n) is 3.62. The van der Waals surface area contributed by atoms with Gasteiger partial charge in [-0.3, -0.25) is 4.79 Å². The van der Waals surface area contributed by atoms with Crippen molar-refractivity contribution in [2.24, 2.45) is 5.92 Å². The average molecular weight is 377 g/mol. The van der Waals surface area contributed by atoms with Crippen molar-refractivity contribution in [3.8, 4) is 11.6 Å². The summed E-state index contributed by atoms with van der Waals surface area (Å²) in [5.41, 5.74) is 0.425. The summed E-state index contributed by atoms with van der Waals surface area (Å²) in [6.07, 6.45) is 2.59. The van der Waals surface area contributed by atoms with Crippen LogP contribution < -0.4 is 10.1 Å². The van der Waals surface area contributed by atoms with E-state index in [1.165, 1.54) is 0 Å². The summed E-state index contributed by atoms with van der Waals surface area (Å²) in [7, 11) is 0. The molecule has 5 nitrogen and oxygen atoms in total. The van der Waals surface area contributed by atoms with Crippen LogP contribution in [0, 0.1) is 5.92 Å². The SMILES string of the molecule is O=C(NCC1CCOC1)c1cccnc1Oc1ccc(Br)cc1. The second-order valence-corrected chi connectivity index (χ2v) is 6.27. The molecule has 1 unspecified atom stereocenters. The quantitative estimate of drug-likeness (QED) is 0.868. The first-order chi connectivity index (χ1) is 11.2. The van der Waals surface area contributed by atoms with Crippen molar-refractivity contribution in [1.29, 1.82) is 0 Å². The number of nitrogens with zero attached hydrogens (tertiary/aromatic N) is 1. The van der Waals surface area contributed by atoms with Crippen molar-refractivity contribution in [3.05, 3.63) is 52.6 Å². The maximum absolute atomic E-state index is 12.4. The summed E-state index contributed by atoms with van der Waals surface area (Å²) in [5.74, 6) is 1.13. The fourth-order valence-electron chi connectivity index (χ4n) is 2.34. The second kappa shape index (κ2) is 7.57. The van der Waals surface area contributed by atoms with Gasteiger partial charge in [0.25, 0.3) is 5.91 Å². The Morgan fingerprint density at radius 3 is 2.91 bits per heavy atom. The number of hydrogen-bond acceptors (Lipinski definition) is 4. The normalized spacial score (nSPS) is 17.0. The molecule has 0 saturated carbocycles. The Morgan fingerprint density at radius 1 is 1.35 bits per heavy atom. The molecule has 1 N–H and O–H groups in total. The van der Waals surface area contributed by atoms with Crippen molar-refractivity contribution >= 4 is 21.8 Å². The number of carbonyl (C=O) groups is 1. The van der Waals surface area contributed by atoms with Crippen LogP contribution in [-0.2, 0) is 4.74 Å². The number of carbonyl (C=O) groups excluding carboxylic acids is 1. The van der Waals surface area contributed by atoms with Crippen LogP contribution in [0.5, 0.6) is 11.6 Å².